The van der Waals surface area contributed by atoms with Gasteiger partial charge in [-0.15, -0.1) is 24.0 Å². The van der Waals surface area contributed by atoms with Gasteiger partial charge in [0, 0.05) is 21.1 Å². The van der Waals surface area contributed by atoms with Crippen LogP contribution in [0.4, 0.5) is 13.2 Å². The first kappa shape index (κ1) is 25.3. The Bertz CT molecular complexity index is 626. The summed E-state index contributed by atoms with van der Waals surface area (Å²) in [4.78, 5) is 18.1. The number of aryl methyl sites for hydroxylation is 1. The van der Waals surface area contributed by atoms with Gasteiger partial charge in [0.05, 0.1) is 13.1 Å². The summed E-state index contributed by atoms with van der Waals surface area (Å²) in [6, 6.07) is 7.63. The highest BCUT2D eigenvalue weighted by molar-refractivity contribution is 14.0. The summed E-state index contributed by atoms with van der Waals surface area (Å²) in [6.45, 7) is 1.27. The normalized spacial score (nSPS) is 11.4. The fourth-order valence-corrected chi connectivity index (χ4v) is 2.15. The van der Waals surface area contributed by atoms with Crippen LogP contribution < -0.4 is 10.1 Å². The number of likely N-dealkylation sites (N-methyl/N-ethyl adjacent to an activating group) is 2. The van der Waals surface area contributed by atoms with Crippen molar-refractivity contribution in [2.45, 2.75) is 13.1 Å². The standard InChI is InChI=1S/C17H25F3N4O2.HI/c1-13-7-5-6-8-14(13)26-10-9-23(3)16(21-2)22-11-15(25)24(4)12-17(18,19)20;/h5-8H,9-12H2,1-4H3,(H,21,22);1H. The molecule has 0 unspecified atom stereocenters. The predicted molar refractivity (Wildman–Crippen MR) is 110 cm³/mol. The average molecular weight is 502 g/mol. The van der Waals surface area contributed by atoms with E-state index in [1.165, 1.54) is 7.05 Å². The first-order valence-electron chi connectivity index (χ1n) is 8.05. The number of ether oxygens (including phenoxy) is 1. The molecule has 0 fully saturated rings. The van der Waals surface area contributed by atoms with Crippen LogP contribution in [0.1, 0.15) is 5.56 Å². The predicted octanol–water partition coefficient (Wildman–Crippen LogP) is 2.52. The second-order valence-corrected chi connectivity index (χ2v) is 5.80. The van der Waals surface area contributed by atoms with E-state index >= 15 is 0 Å². The summed E-state index contributed by atoms with van der Waals surface area (Å²) in [5.41, 5.74) is 1.02. The van der Waals surface area contributed by atoms with Gasteiger partial charge in [0.2, 0.25) is 5.91 Å². The van der Waals surface area contributed by atoms with Crippen LogP contribution in [0, 0.1) is 6.92 Å². The van der Waals surface area contributed by atoms with Gasteiger partial charge in [-0.3, -0.25) is 9.79 Å². The molecule has 6 nitrogen and oxygen atoms in total. The summed E-state index contributed by atoms with van der Waals surface area (Å²) in [7, 11) is 4.39. The summed E-state index contributed by atoms with van der Waals surface area (Å²) >= 11 is 0. The lowest BCUT2D eigenvalue weighted by molar-refractivity contribution is -0.157. The molecule has 154 valence electrons. The number of carbonyl (C=O) groups excluding carboxylic acids is 1. The van der Waals surface area contributed by atoms with Gasteiger partial charge >= 0.3 is 6.18 Å². The quantitative estimate of drug-likeness (QED) is 0.354. The van der Waals surface area contributed by atoms with Gasteiger partial charge in [-0.05, 0) is 18.6 Å². The van der Waals surface area contributed by atoms with Crippen LogP contribution in [-0.4, -0.2) is 75.2 Å². The average Bonchev–Trinajstić information content (AvgIpc) is 2.55. The molecular formula is C17H26F3IN4O2. The van der Waals surface area contributed by atoms with Crippen LogP contribution in [-0.2, 0) is 4.79 Å². The molecule has 0 heterocycles. The number of amides is 1. The fourth-order valence-electron chi connectivity index (χ4n) is 2.15. The maximum absolute atomic E-state index is 12.3. The molecular weight excluding hydrogens is 476 g/mol. The number of nitrogens with zero attached hydrogens (tertiary/aromatic N) is 3. The van der Waals surface area contributed by atoms with Crippen molar-refractivity contribution >= 4 is 35.8 Å². The minimum atomic E-state index is -4.42. The molecule has 0 bridgehead atoms. The molecule has 0 saturated heterocycles. The number of nitrogens with one attached hydrogen (secondary N) is 1. The number of hydrogen-bond acceptors (Lipinski definition) is 3. The van der Waals surface area contributed by atoms with E-state index in [2.05, 4.69) is 10.3 Å². The van der Waals surface area contributed by atoms with Gasteiger partial charge in [-0.25, -0.2) is 0 Å². The van der Waals surface area contributed by atoms with Crippen molar-refractivity contribution in [2.75, 3.05) is 47.4 Å². The maximum atomic E-state index is 12.3. The highest BCUT2D eigenvalue weighted by Gasteiger charge is 2.31. The summed E-state index contributed by atoms with van der Waals surface area (Å²) < 4.78 is 42.6. The molecule has 1 rings (SSSR count). The lowest BCUT2D eigenvalue weighted by Gasteiger charge is -2.24. The Morgan fingerprint density at radius 2 is 1.85 bits per heavy atom. The number of alkyl halides is 3. The SMILES string of the molecule is CN=C(NCC(=O)N(C)CC(F)(F)F)N(C)CCOc1ccccc1C.I. The van der Waals surface area contributed by atoms with E-state index < -0.39 is 18.6 Å². The second kappa shape index (κ2) is 11.9. The number of hydrogen-bond donors (Lipinski definition) is 1. The zero-order chi connectivity index (χ0) is 19.7. The van der Waals surface area contributed by atoms with Crippen LogP contribution in [0.5, 0.6) is 5.75 Å². The Hall–Kier alpha value is -1.72. The van der Waals surface area contributed by atoms with E-state index in [1.54, 1.807) is 11.9 Å². The minimum absolute atomic E-state index is 0. The topological polar surface area (TPSA) is 57.2 Å². The summed E-state index contributed by atoms with van der Waals surface area (Å²) in [6.07, 6.45) is -4.42. The van der Waals surface area contributed by atoms with Crippen molar-refractivity contribution in [2.24, 2.45) is 4.99 Å². The van der Waals surface area contributed by atoms with Crippen LogP contribution >= 0.6 is 24.0 Å². The van der Waals surface area contributed by atoms with Crippen molar-refractivity contribution in [3.63, 3.8) is 0 Å². The number of halogens is 4. The number of para-hydroxylation sites is 1. The van der Waals surface area contributed by atoms with E-state index in [0.29, 0.717) is 24.0 Å². The van der Waals surface area contributed by atoms with Crippen molar-refractivity contribution in [3.05, 3.63) is 29.8 Å². The highest BCUT2D eigenvalue weighted by Crippen LogP contribution is 2.16. The van der Waals surface area contributed by atoms with Crippen LogP contribution in [0.15, 0.2) is 29.3 Å². The van der Waals surface area contributed by atoms with Gasteiger partial charge in [0.25, 0.3) is 0 Å². The molecule has 1 N–H and O–H groups in total. The number of rotatable bonds is 7. The Labute approximate surface area is 174 Å². The van der Waals surface area contributed by atoms with Gasteiger partial charge in [0.1, 0.15) is 18.9 Å². The Morgan fingerprint density at radius 1 is 1.22 bits per heavy atom. The Kier molecular flexibility index (Phi) is 11.1. The fraction of sp³-hybridized carbons (Fsp3) is 0.529. The zero-order valence-electron chi connectivity index (χ0n) is 15.8. The first-order chi connectivity index (χ1) is 12.1. The van der Waals surface area contributed by atoms with Crippen molar-refractivity contribution in [1.82, 2.24) is 15.1 Å². The molecule has 0 aliphatic rings. The zero-order valence-corrected chi connectivity index (χ0v) is 18.2. The molecule has 27 heavy (non-hydrogen) atoms. The van der Waals surface area contributed by atoms with E-state index in [-0.39, 0.29) is 30.5 Å². The molecule has 0 aromatic heterocycles. The van der Waals surface area contributed by atoms with Crippen LogP contribution in [0.25, 0.3) is 0 Å². The third-order valence-electron chi connectivity index (χ3n) is 3.59. The number of aliphatic imine (C=N–C) groups is 1. The molecule has 0 atom stereocenters. The number of benzene rings is 1. The third kappa shape index (κ3) is 9.68. The van der Waals surface area contributed by atoms with Crippen LogP contribution in [0.3, 0.4) is 0 Å². The lowest BCUT2D eigenvalue weighted by atomic mass is 10.2. The largest absolute Gasteiger partial charge is 0.491 e. The van der Waals surface area contributed by atoms with Gasteiger partial charge in [-0.1, -0.05) is 18.2 Å². The summed E-state index contributed by atoms with van der Waals surface area (Å²) in [5.74, 6) is 0.507. The van der Waals surface area contributed by atoms with Crippen molar-refractivity contribution < 1.29 is 22.7 Å². The molecule has 0 aliphatic heterocycles. The number of guanidine groups is 1. The molecule has 1 amide bonds. The second-order valence-electron chi connectivity index (χ2n) is 5.80. The van der Waals surface area contributed by atoms with Crippen molar-refractivity contribution in [3.8, 4) is 5.75 Å². The minimum Gasteiger partial charge on any atom is -0.491 e. The van der Waals surface area contributed by atoms with E-state index in [4.69, 9.17) is 4.74 Å². The van der Waals surface area contributed by atoms with Crippen molar-refractivity contribution in [1.29, 1.82) is 0 Å². The maximum Gasteiger partial charge on any atom is 0.406 e. The molecule has 1 aromatic carbocycles. The molecule has 0 radical (unpaired) electrons. The monoisotopic (exact) mass is 502 g/mol. The first-order valence-corrected chi connectivity index (χ1v) is 8.05. The Morgan fingerprint density at radius 3 is 2.41 bits per heavy atom. The smallest absolute Gasteiger partial charge is 0.406 e. The summed E-state index contributed by atoms with van der Waals surface area (Å²) in [5, 5.41) is 2.76. The lowest BCUT2D eigenvalue weighted by Crippen LogP contribution is -2.46. The van der Waals surface area contributed by atoms with Gasteiger partial charge < -0.3 is 19.9 Å². The number of carbonyl (C=O) groups is 1. The molecule has 1 aromatic rings. The van der Waals surface area contributed by atoms with Crippen LogP contribution in [0.2, 0.25) is 0 Å². The third-order valence-corrected chi connectivity index (χ3v) is 3.59. The highest BCUT2D eigenvalue weighted by atomic mass is 127. The molecule has 0 spiro atoms. The molecule has 0 aliphatic carbocycles. The van der Waals surface area contributed by atoms with Gasteiger partial charge in [-0.2, -0.15) is 13.2 Å². The van der Waals surface area contributed by atoms with E-state index in [1.807, 2.05) is 31.2 Å². The Balaban J connectivity index is 0.00000676. The van der Waals surface area contributed by atoms with E-state index in [0.717, 1.165) is 18.4 Å². The van der Waals surface area contributed by atoms with Gasteiger partial charge in [0.15, 0.2) is 5.96 Å². The van der Waals surface area contributed by atoms with E-state index in [9.17, 15) is 18.0 Å². The molecule has 10 heteroatoms. The molecule has 0 saturated carbocycles.